The summed E-state index contributed by atoms with van der Waals surface area (Å²) >= 11 is 0. The lowest BCUT2D eigenvalue weighted by molar-refractivity contribution is 0.395. The lowest BCUT2D eigenvalue weighted by Crippen LogP contribution is -2.10. The molecule has 0 saturated carbocycles. The first-order valence-corrected chi connectivity index (χ1v) is 11.4. The first-order valence-electron chi connectivity index (χ1n) is 9.48. The monoisotopic (exact) mass is 452 g/mol. The number of pyridine rings is 1. The number of sulfone groups is 1. The number of fused-ring (bicyclic) bond motifs is 1. The standard InChI is InChI=1S/C22H20N4O5S/c1-30-14-6-9-16(19(10-14)31-2)17-11-18-20(22(27)24-12-23-18)21(26-17)25-13-4-7-15(8-5-13)32(3,28)29/h4-12H,1-3H3,(H,25,26)(H,23,24,27). The largest absolute Gasteiger partial charge is 0.497 e. The topological polar surface area (TPSA) is 123 Å². The zero-order valence-electron chi connectivity index (χ0n) is 17.5. The second-order valence-corrected chi connectivity index (χ2v) is 8.99. The molecule has 10 heteroatoms. The Bertz CT molecular complexity index is 1460. The van der Waals surface area contributed by atoms with Crippen molar-refractivity contribution in [3.8, 4) is 22.8 Å². The van der Waals surface area contributed by atoms with Gasteiger partial charge in [-0.1, -0.05) is 0 Å². The molecule has 0 atom stereocenters. The van der Waals surface area contributed by atoms with Crippen molar-refractivity contribution in [2.24, 2.45) is 0 Å². The van der Waals surface area contributed by atoms with Gasteiger partial charge in [0.15, 0.2) is 9.84 Å². The van der Waals surface area contributed by atoms with Crippen molar-refractivity contribution in [2.75, 3.05) is 25.8 Å². The average Bonchev–Trinajstić information content (AvgIpc) is 2.78. The van der Waals surface area contributed by atoms with Gasteiger partial charge in [-0.2, -0.15) is 0 Å². The average molecular weight is 452 g/mol. The van der Waals surface area contributed by atoms with Gasteiger partial charge in [-0.05, 0) is 42.5 Å². The van der Waals surface area contributed by atoms with E-state index in [1.807, 2.05) is 6.07 Å². The van der Waals surface area contributed by atoms with Crippen LogP contribution in [0, 0.1) is 0 Å². The van der Waals surface area contributed by atoms with Gasteiger partial charge < -0.3 is 19.8 Å². The van der Waals surface area contributed by atoms with Gasteiger partial charge in [0, 0.05) is 23.6 Å². The van der Waals surface area contributed by atoms with Gasteiger partial charge >= 0.3 is 0 Å². The molecule has 2 aromatic carbocycles. The number of nitrogens with one attached hydrogen (secondary N) is 2. The van der Waals surface area contributed by atoms with Crippen molar-refractivity contribution < 1.29 is 17.9 Å². The van der Waals surface area contributed by atoms with Gasteiger partial charge in [-0.15, -0.1) is 0 Å². The SMILES string of the molecule is COc1ccc(-c2cc3nc[nH]c(=O)c3c(Nc3ccc(S(C)(=O)=O)cc3)n2)c(OC)c1. The van der Waals surface area contributed by atoms with Gasteiger partial charge in [-0.25, -0.2) is 18.4 Å². The Morgan fingerprint density at radius 2 is 1.75 bits per heavy atom. The summed E-state index contributed by atoms with van der Waals surface area (Å²) < 4.78 is 34.2. The van der Waals surface area contributed by atoms with E-state index in [1.165, 1.54) is 18.5 Å². The minimum absolute atomic E-state index is 0.192. The minimum Gasteiger partial charge on any atom is -0.497 e. The van der Waals surface area contributed by atoms with Crippen LogP contribution in [0.4, 0.5) is 11.5 Å². The highest BCUT2D eigenvalue weighted by Crippen LogP contribution is 2.35. The summed E-state index contributed by atoms with van der Waals surface area (Å²) in [5, 5.41) is 3.38. The minimum atomic E-state index is -3.32. The molecular formula is C22H20N4O5S. The Labute approximate surface area is 184 Å². The Kier molecular flexibility index (Phi) is 5.54. The summed E-state index contributed by atoms with van der Waals surface area (Å²) in [6.45, 7) is 0. The second-order valence-electron chi connectivity index (χ2n) is 6.97. The molecule has 0 radical (unpaired) electrons. The predicted molar refractivity (Wildman–Crippen MR) is 122 cm³/mol. The van der Waals surface area contributed by atoms with Crippen LogP contribution in [-0.2, 0) is 9.84 Å². The molecule has 0 spiro atoms. The maximum absolute atomic E-state index is 12.5. The molecule has 0 aliphatic rings. The highest BCUT2D eigenvalue weighted by molar-refractivity contribution is 7.90. The summed E-state index contributed by atoms with van der Waals surface area (Å²) in [6.07, 6.45) is 2.46. The van der Waals surface area contributed by atoms with Crippen LogP contribution in [0.5, 0.6) is 11.5 Å². The fraction of sp³-hybridized carbons (Fsp3) is 0.136. The van der Waals surface area contributed by atoms with Crippen LogP contribution in [0.1, 0.15) is 0 Å². The number of hydrogen-bond acceptors (Lipinski definition) is 8. The van der Waals surface area contributed by atoms with Crippen LogP contribution in [0.25, 0.3) is 22.2 Å². The zero-order valence-corrected chi connectivity index (χ0v) is 18.4. The Morgan fingerprint density at radius 1 is 1.00 bits per heavy atom. The van der Waals surface area contributed by atoms with E-state index in [0.29, 0.717) is 34.0 Å². The van der Waals surface area contributed by atoms with Crippen LogP contribution in [0.3, 0.4) is 0 Å². The molecule has 4 rings (SSSR count). The molecule has 0 saturated heterocycles. The number of anilines is 2. The molecular weight excluding hydrogens is 432 g/mol. The number of aromatic nitrogens is 3. The smallest absolute Gasteiger partial charge is 0.262 e. The third kappa shape index (κ3) is 4.12. The first kappa shape index (κ1) is 21.3. The number of H-pyrrole nitrogens is 1. The second kappa shape index (κ2) is 8.31. The predicted octanol–water partition coefficient (Wildman–Crippen LogP) is 3.15. The van der Waals surface area contributed by atoms with E-state index < -0.39 is 9.84 Å². The highest BCUT2D eigenvalue weighted by atomic mass is 32.2. The lowest BCUT2D eigenvalue weighted by Gasteiger charge is -2.13. The summed E-state index contributed by atoms with van der Waals surface area (Å²) in [5.74, 6) is 1.45. The van der Waals surface area contributed by atoms with E-state index in [4.69, 9.17) is 9.47 Å². The maximum atomic E-state index is 12.5. The Morgan fingerprint density at radius 3 is 2.41 bits per heavy atom. The van der Waals surface area contributed by atoms with Crippen molar-refractivity contribution in [3.63, 3.8) is 0 Å². The van der Waals surface area contributed by atoms with Crippen molar-refractivity contribution in [3.05, 3.63) is 65.2 Å². The molecule has 2 aromatic heterocycles. The van der Waals surface area contributed by atoms with Crippen LogP contribution in [0.2, 0.25) is 0 Å². The normalized spacial score (nSPS) is 11.3. The van der Waals surface area contributed by atoms with Gasteiger partial charge in [0.25, 0.3) is 5.56 Å². The number of aromatic amines is 1. The van der Waals surface area contributed by atoms with E-state index in [0.717, 1.165) is 6.26 Å². The molecule has 2 N–H and O–H groups in total. The highest BCUT2D eigenvalue weighted by Gasteiger charge is 2.16. The quantitative estimate of drug-likeness (QED) is 0.457. The van der Waals surface area contributed by atoms with Crippen LogP contribution in [-0.4, -0.2) is 43.8 Å². The van der Waals surface area contributed by atoms with Crippen molar-refractivity contribution >= 4 is 32.2 Å². The molecule has 0 fully saturated rings. The molecule has 9 nitrogen and oxygen atoms in total. The number of nitrogens with zero attached hydrogens (tertiary/aromatic N) is 2. The molecule has 0 unspecified atom stereocenters. The fourth-order valence-corrected chi connectivity index (χ4v) is 3.88. The Balaban J connectivity index is 1.86. The van der Waals surface area contributed by atoms with Crippen LogP contribution >= 0.6 is 0 Å². The van der Waals surface area contributed by atoms with Crippen LogP contribution < -0.4 is 20.3 Å². The molecule has 32 heavy (non-hydrogen) atoms. The molecule has 0 aliphatic carbocycles. The number of rotatable bonds is 6. The van der Waals surface area contributed by atoms with E-state index in [2.05, 4.69) is 20.3 Å². The third-order valence-electron chi connectivity index (χ3n) is 4.85. The first-order chi connectivity index (χ1) is 15.3. The summed E-state index contributed by atoms with van der Waals surface area (Å²) in [4.78, 5) is 24.2. The molecule has 0 aliphatic heterocycles. The van der Waals surface area contributed by atoms with Crippen molar-refractivity contribution in [1.82, 2.24) is 15.0 Å². The van der Waals surface area contributed by atoms with Crippen molar-refractivity contribution in [1.29, 1.82) is 0 Å². The molecule has 2 heterocycles. The number of benzene rings is 2. The molecule has 4 aromatic rings. The van der Waals surface area contributed by atoms with Crippen molar-refractivity contribution in [2.45, 2.75) is 4.90 Å². The van der Waals surface area contributed by atoms with E-state index in [9.17, 15) is 13.2 Å². The number of hydrogen-bond donors (Lipinski definition) is 2. The van der Waals surface area contributed by atoms with Gasteiger partial charge in [0.1, 0.15) is 22.7 Å². The molecule has 164 valence electrons. The van der Waals surface area contributed by atoms with Gasteiger partial charge in [-0.3, -0.25) is 4.79 Å². The summed E-state index contributed by atoms with van der Waals surface area (Å²) in [5.41, 5.74) is 1.87. The number of methoxy groups -OCH3 is 2. The third-order valence-corrected chi connectivity index (χ3v) is 5.98. The van der Waals surface area contributed by atoms with E-state index in [-0.39, 0.29) is 21.7 Å². The van der Waals surface area contributed by atoms with Gasteiger partial charge in [0.05, 0.1) is 36.7 Å². The lowest BCUT2D eigenvalue weighted by atomic mass is 10.1. The summed E-state index contributed by atoms with van der Waals surface area (Å²) in [6, 6.07) is 13.2. The van der Waals surface area contributed by atoms with E-state index in [1.54, 1.807) is 44.6 Å². The zero-order chi connectivity index (χ0) is 22.9. The number of ether oxygens (including phenoxy) is 2. The fourth-order valence-electron chi connectivity index (χ4n) is 3.25. The van der Waals surface area contributed by atoms with E-state index >= 15 is 0 Å². The molecule has 0 bridgehead atoms. The molecule has 0 amide bonds. The summed E-state index contributed by atoms with van der Waals surface area (Å²) in [7, 11) is -0.211. The van der Waals surface area contributed by atoms with Crippen LogP contribution in [0.15, 0.2) is 64.5 Å². The maximum Gasteiger partial charge on any atom is 0.262 e. The van der Waals surface area contributed by atoms with Gasteiger partial charge in [0.2, 0.25) is 0 Å². The Hall–Kier alpha value is -3.92.